The molecule has 2 aromatic rings. The SMILES string of the molecule is C[NH+]1CCC([NH+](C)C[C@@H](O)COC(c2ccc(F)cc2)c2ccc(F)cc2)CC1. The second-order valence-electron chi connectivity index (χ2n) is 8.25. The van der Waals surface area contributed by atoms with Crippen LogP contribution in [-0.2, 0) is 4.74 Å². The van der Waals surface area contributed by atoms with Crippen LogP contribution in [0.4, 0.5) is 8.78 Å². The Hall–Kier alpha value is -1.86. The molecule has 0 bridgehead atoms. The lowest BCUT2D eigenvalue weighted by atomic mass is 10.0. The Kier molecular flexibility index (Phi) is 7.72. The number of piperidine rings is 1. The predicted octanol–water partition coefficient (Wildman–Crippen LogP) is 0.624. The standard InChI is InChI=1S/C23H30F2N2O2/c1-26-13-11-21(12-14-26)27(2)15-22(28)16-29-23(17-3-7-19(24)8-4-17)18-5-9-20(25)10-6-18/h3-10,21-23,28H,11-16H2,1-2H3/p+2/t22-/m1/s1. The van der Waals surface area contributed by atoms with E-state index in [1.807, 2.05) is 0 Å². The van der Waals surface area contributed by atoms with E-state index in [2.05, 4.69) is 14.1 Å². The van der Waals surface area contributed by atoms with Crippen LogP contribution in [0.25, 0.3) is 0 Å². The smallest absolute Gasteiger partial charge is 0.126 e. The third-order valence-corrected chi connectivity index (χ3v) is 5.89. The number of hydrogen-bond acceptors (Lipinski definition) is 2. The van der Waals surface area contributed by atoms with E-state index >= 15 is 0 Å². The molecule has 1 unspecified atom stereocenters. The molecule has 29 heavy (non-hydrogen) atoms. The van der Waals surface area contributed by atoms with Crippen molar-refractivity contribution in [2.45, 2.75) is 31.1 Å². The lowest BCUT2D eigenvalue weighted by molar-refractivity contribution is -0.941. The molecule has 0 radical (unpaired) electrons. The van der Waals surface area contributed by atoms with Gasteiger partial charge in [-0.1, -0.05) is 24.3 Å². The number of nitrogens with one attached hydrogen (secondary N) is 2. The van der Waals surface area contributed by atoms with Crippen molar-refractivity contribution in [3.8, 4) is 0 Å². The Balaban J connectivity index is 1.61. The van der Waals surface area contributed by atoms with Gasteiger partial charge in [0.1, 0.15) is 30.4 Å². The Morgan fingerprint density at radius 1 is 1.00 bits per heavy atom. The van der Waals surface area contributed by atoms with Crippen LogP contribution >= 0.6 is 0 Å². The van der Waals surface area contributed by atoms with Crippen molar-refractivity contribution in [2.75, 3.05) is 40.3 Å². The van der Waals surface area contributed by atoms with E-state index in [0.717, 1.165) is 11.1 Å². The van der Waals surface area contributed by atoms with Crippen molar-refractivity contribution in [3.05, 3.63) is 71.3 Å². The van der Waals surface area contributed by atoms with Gasteiger partial charge in [-0.15, -0.1) is 0 Å². The quantitative estimate of drug-likeness (QED) is 0.602. The first kappa shape index (κ1) is 21.8. The van der Waals surface area contributed by atoms with Crippen LogP contribution in [0.2, 0.25) is 0 Å². The van der Waals surface area contributed by atoms with Crippen LogP contribution < -0.4 is 9.80 Å². The minimum atomic E-state index is -0.606. The molecule has 158 valence electrons. The molecule has 1 heterocycles. The zero-order valence-electron chi connectivity index (χ0n) is 17.2. The normalized spacial score (nSPS) is 21.9. The highest BCUT2D eigenvalue weighted by Gasteiger charge is 2.28. The largest absolute Gasteiger partial charge is 0.385 e. The van der Waals surface area contributed by atoms with E-state index in [4.69, 9.17) is 4.74 Å². The van der Waals surface area contributed by atoms with E-state index in [-0.39, 0.29) is 18.2 Å². The summed E-state index contributed by atoms with van der Waals surface area (Å²) < 4.78 is 32.7. The molecule has 1 saturated heterocycles. The number of aliphatic hydroxyl groups excluding tert-OH is 1. The maximum atomic E-state index is 13.3. The molecule has 2 atom stereocenters. The molecule has 1 aliphatic heterocycles. The van der Waals surface area contributed by atoms with E-state index in [0.29, 0.717) is 12.6 Å². The number of ether oxygens (including phenoxy) is 1. The number of hydrogen-bond donors (Lipinski definition) is 3. The second kappa shape index (κ2) is 10.3. The minimum Gasteiger partial charge on any atom is -0.385 e. The Morgan fingerprint density at radius 2 is 1.48 bits per heavy atom. The molecule has 3 N–H and O–H groups in total. The molecule has 1 fully saturated rings. The van der Waals surface area contributed by atoms with E-state index in [1.54, 1.807) is 29.2 Å². The first-order valence-electron chi connectivity index (χ1n) is 10.4. The van der Waals surface area contributed by atoms with Crippen molar-refractivity contribution in [1.29, 1.82) is 0 Å². The molecule has 2 aromatic carbocycles. The molecule has 0 aliphatic carbocycles. The molecule has 1 aliphatic rings. The van der Waals surface area contributed by atoms with Gasteiger partial charge < -0.3 is 19.6 Å². The number of quaternary nitrogens is 2. The molecule has 6 heteroatoms. The highest BCUT2D eigenvalue weighted by molar-refractivity contribution is 5.30. The van der Waals surface area contributed by atoms with Crippen LogP contribution in [0.1, 0.15) is 30.1 Å². The summed E-state index contributed by atoms with van der Waals surface area (Å²) in [5.41, 5.74) is 1.54. The van der Waals surface area contributed by atoms with Gasteiger partial charge in [0.05, 0.1) is 39.8 Å². The zero-order valence-corrected chi connectivity index (χ0v) is 17.2. The summed E-state index contributed by atoms with van der Waals surface area (Å²) in [6, 6.07) is 12.7. The number of benzene rings is 2. The minimum absolute atomic E-state index is 0.161. The van der Waals surface area contributed by atoms with Crippen LogP contribution in [0.3, 0.4) is 0 Å². The van der Waals surface area contributed by atoms with Gasteiger partial charge in [-0.25, -0.2) is 8.78 Å². The fourth-order valence-corrected chi connectivity index (χ4v) is 4.07. The second-order valence-corrected chi connectivity index (χ2v) is 8.25. The summed E-state index contributed by atoms with van der Waals surface area (Å²) in [5.74, 6) is -0.645. The average molecular weight is 407 g/mol. The summed E-state index contributed by atoms with van der Waals surface area (Å²) >= 11 is 0. The lowest BCUT2D eigenvalue weighted by Gasteiger charge is -2.32. The predicted molar refractivity (Wildman–Crippen MR) is 108 cm³/mol. The summed E-state index contributed by atoms with van der Waals surface area (Å²) in [4.78, 5) is 2.90. The zero-order chi connectivity index (χ0) is 20.8. The van der Waals surface area contributed by atoms with Crippen LogP contribution in [0, 0.1) is 11.6 Å². The monoisotopic (exact) mass is 406 g/mol. The van der Waals surface area contributed by atoms with Gasteiger partial charge in [0, 0.05) is 12.8 Å². The van der Waals surface area contributed by atoms with Gasteiger partial charge in [0.25, 0.3) is 0 Å². The highest BCUT2D eigenvalue weighted by atomic mass is 19.1. The van der Waals surface area contributed by atoms with Gasteiger partial charge in [-0.05, 0) is 35.4 Å². The number of rotatable bonds is 8. The Morgan fingerprint density at radius 3 is 1.97 bits per heavy atom. The van der Waals surface area contributed by atoms with Gasteiger partial charge >= 0.3 is 0 Å². The van der Waals surface area contributed by atoms with E-state index in [1.165, 1.54) is 55.1 Å². The molecule has 0 spiro atoms. The first-order chi connectivity index (χ1) is 13.9. The fraction of sp³-hybridized carbons (Fsp3) is 0.478. The topological polar surface area (TPSA) is 38.3 Å². The Labute approximate surface area is 171 Å². The van der Waals surface area contributed by atoms with Gasteiger partial charge in [0.2, 0.25) is 0 Å². The molecule has 0 aromatic heterocycles. The summed E-state index contributed by atoms with van der Waals surface area (Å²) in [6.45, 7) is 3.12. The number of likely N-dealkylation sites (N-methyl/N-ethyl adjacent to an activating group) is 1. The average Bonchev–Trinajstić information content (AvgIpc) is 2.71. The van der Waals surface area contributed by atoms with Crippen LogP contribution in [0.5, 0.6) is 0 Å². The number of aliphatic hydroxyl groups is 1. The van der Waals surface area contributed by atoms with Crippen LogP contribution in [0.15, 0.2) is 48.5 Å². The van der Waals surface area contributed by atoms with Crippen molar-refractivity contribution in [3.63, 3.8) is 0 Å². The van der Waals surface area contributed by atoms with Crippen LogP contribution in [-0.4, -0.2) is 57.6 Å². The lowest BCUT2D eigenvalue weighted by Crippen LogP contribution is -3.18. The molecular formula is C23H32F2N2O2+2. The molecular weight excluding hydrogens is 374 g/mol. The van der Waals surface area contributed by atoms with Crippen molar-refractivity contribution >= 4 is 0 Å². The van der Waals surface area contributed by atoms with Gasteiger partial charge in [0.15, 0.2) is 0 Å². The van der Waals surface area contributed by atoms with Gasteiger partial charge in [-0.2, -0.15) is 0 Å². The molecule has 0 saturated carbocycles. The summed E-state index contributed by atoms with van der Waals surface area (Å²) in [5, 5.41) is 10.6. The number of likely N-dealkylation sites (tertiary alicyclic amines) is 1. The van der Waals surface area contributed by atoms with E-state index in [9.17, 15) is 13.9 Å². The Bertz CT molecular complexity index is 701. The number of halogens is 2. The summed E-state index contributed by atoms with van der Waals surface area (Å²) in [6.07, 6.45) is 1.24. The highest BCUT2D eigenvalue weighted by Crippen LogP contribution is 2.26. The van der Waals surface area contributed by atoms with Crippen molar-refractivity contribution in [1.82, 2.24) is 0 Å². The fourth-order valence-electron chi connectivity index (χ4n) is 4.07. The third kappa shape index (κ3) is 6.31. The molecule has 4 nitrogen and oxygen atoms in total. The van der Waals surface area contributed by atoms with E-state index < -0.39 is 12.2 Å². The van der Waals surface area contributed by atoms with Crippen molar-refractivity contribution < 1.29 is 28.4 Å². The summed E-state index contributed by atoms with van der Waals surface area (Å²) in [7, 11) is 4.35. The first-order valence-corrected chi connectivity index (χ1v) is 10.4. The third-order valence-electron chi connectivity index (χ3n) is 5.89. The maximum absolute atomic E-state index is 13.3. The van der Waals surface area contributed by atoms with Crippen molar-refractivity contribution in [2.24, 2.45) is 0 Å². The maximum Gasteiger partial charge on any atom is 0.126 e. The molecule has 3 rings (SSSR count). The molecule has 0 amide bonds. The van der Waals surface area contributed by atoms with Gasteiger partial charge in [-0.3, -0.25) is 0 Å².